The van der Waals surface area contributed by atoms with Crippen LogP contribution in [0.1, 0.15) is 17.6 Å². The molecule has 72 valence electrons. The standard InChI is InChI=1S/C8H8ClF2NO/c1-4-3-12-7(9)5(8(10)11)6(4)13-2/h3,8H,1-2H3. The first kappa shape index (κ1) is 10.2. The lowest BCUT2D eigenvalue weighted by Gasteiger charge is -2.10. The first-order chi connectivity index (χ1) is 6.07. The Kier molecular flexibility index (Phi) is 3.03. The fourth-order valence-electron chi connectivity index (χ4n) is 1.05. The maximum absolute atomic E-state index is 12.5. The average Bonchev–Trinajstić information content (AvgIpc) is 2.07. The Hall–Kier alpha value is -0.900. The van der Waals surface area contributed by atoms with E-state index in [0.717, 1.165) is 0 Å². The number of methoxy groups -OCH3 is 1. The molecule has 1 aromatic rings. The van der Waals surface area contributed by atoms with Crippen LogP contribution in [0.5, 0.6) is 5.75 Å². The summed E-state index contributed by atoms with van der Waals surface area (Å²) in [6, 6.07) is 0. The monoisotopic (exact) mass is 207 g/mol. The molecule has 1 heterocycles. The summed E-state index contributed by atoms with van der Waals surface area (Å²) in [6.07, 6.45) is -1.28. The van der Waals surface area contributed by atoms with Gasteiger partial charge in [0.15, 0.2) is 0 Å². The Morgan fingerprint density at radius 3 is 2.54 bits per heavy atom. The lowest BCUT2D eigenvalue weighted by atomic mass is 10.2. The number of pyridine rings is 1. The Morgan fingerprint density at radius 2 is 2.15 bits per heavy atom. The Morgan fingerprint density at radius 1 is 1.54 bits per heavy atom. The van der Waals surface area contributed by atoms with Crippen molar-refractivity contribution in [1.29, 1.82) is 0 Å². The quantitative estimate of drug-likeness (QED) is 0.696. The van der Waals surface area contributed by atoms with Crippen molar-refractivity contribution >= 4 is 11.6 Å². The number of hydrogen-bond donors (Lipinski definition) is 0. The molecule has 0 spiro atoms. The van der Waals surface area contributed by atoms with Gasteiger partial charge in [-0.3, -0.25) is 0 Å². The topological polar surface area (TPSA) is 22.1 Å². The molecule has 0 N–H and O–H groups in total. The van der Waals surface area contributed by atoms with Crippen LogP contribution in [0.3, 0.4) is 0 Å². The number of nitrogens with zero attached hydrogens (tertiary/aromatic N) is 1. The minimum absolute atomic E-state index is 0.106. The van der Waals surface area contributed by atoms with Crippen molar-refractivity contribution in [3.05, 3.63) is 22.5 Å². The summed E-state index contributed by atoms with van der Waals surface area (Å²) >= 11 is 5.50. The van der Waals surface area contributed by atoms with Gasteiger partial charge in [0.1, 0.15) is 10.9 Å². The smallest absolute Gasteiger partial charge is 0.270 e. The highest BCUT2D eigenvalue weighted by Crippen LogP contribution is 2.35. The van der Waals surface area contributed by atoms with E-state index in [2.05, 4.69) is 4.98 Å². The molecule has 0 amide bonds. The fraction of sp³-hybridized carbons (Fsp3) is 0.375. The van der Waals surface area contributed by atoms with Crippen molar-refractivity contribution in [2.45, 2.75) is 13.3 Å². The van der Waals surface area contributed by atoms with Crippen LogP contribution in [0.4, 0.5) is 8.78 Å². The average molecular weight is 208 g/mol. The molecule has 0 fully saturated rings. The van der Waals surface area contributed by atoms with Crippen LogP contribution in [0.2, 0.25) is 5.15 Å². The van der Waals surface area contributed by atoms with Crippen LogP contribution in [0.25, 0.3) is 0 Å². The molecule has 0 aliphatic carbocycles. The summed E-state index contributed by atoms with van der Waals surface area (Å²) in [5, 5.41) is -0.211. The Balaban J connectivity index is 3.35. The van der Waals surface area contributed by atoms with E-state index in [4.69, 9.17) is 16.3 Å². The molecule has 13 heavy (non-hydrogen) atoms. The van der Waals surface area contributed by atoms with Crippen LogP contribution in [-0.2, 0) is 0 Å². The number of hydrogen-bond acceptors (Lipinski definition) is 2. The molecule has 1 aromatic heterocycles. The Bertz CT molecular complexity index is 317. The van der Waals surface area contributed by atoms with Crippen LogP contribution in [-0.4, -0.2) is 12.1 Å². The molecular weight excluding hydrogens is 200 g/mol. The molecule has 0 aliphatic heterocycles. The summed E-state index contributed by atoms with van der Waals surface area (Å²) in [7, 11) is 1.32. The van der Waals surface area contributed by atoms with Gasteiger partial charge in [0, 0.05) is 11.8 Å². The SMILES string of the molecule is COc1c(C)cnc(Cl)c1C(F)F. The molecule has 0 bridgehead atoms. The summed E-state index contributed by atoms with van der Waals surface area (Å²) in [4.78, 5) is 3.61. The Labute approximate surface area is 79.5 Å². The van der Waals surface area contributed by atoms with Gasteiger partial charge in [0.2, 0.25) is 0 Å². The third-order valence-electron chi connectivity index (χ3n) is 1.62. The fourth-order valence-corrected chi connectivity index (χ4v) is 1.26. The second kappa shape index (κ2) is 3.87. The van der Waals surface area contributed by atoms with Gasteiger partial charge < -0.3 is 4.74 Å². The van der Waals surface area contributed by atoms with Crippen LogP contribution < -0.4 is 4.74 Å². The number of ether oxygens (including phenoxy) is 1. The van der Waals surface area contributed by atoms with Gasteiger partial charge >= 0.3 is 0 Å². The van der Waals surface area contributed by atoms with E-state index in [1.165, 1.54) is 13.3 Å². The van der Waals surface area contributed by atoms with Gasteiger partial charge in [-0.15, -0.1) is 0 Å². The minimum atomic E-state index is -2.67. The lowest BCUT2D eigenvalue weighted by molar-refractivity contribution is 0.146. The zero-order valence-corrected chi connectivity index (χ0v) is 7.90. The van der Waals surface area contributed by atoms with Gasteiger partial charge in [0.05, 0.1) is 12.7 Å². The summed E-state index contributed by atoms with van der Waals surface area (Å²) in [6.45, 7) is 1.63. The molecule has 1 rings (SSSR count). The molecule has 2 nitrogen and oxygen atoms in total. The molecule has 0 saturated heterocycles. The minimum Gasteiger partial charge on any atom is -0.496 e. The third-order valence-corrected chi connectivity index (χ3v) is 1.92. The maximum Gasteiger partial charge on any atom is 0.270 e. The predicted octanol–water partition coefficient (Wildman–Crippen LogP) is 2.99. The highest BCUT2D eigenvalue weighted by atomic mass is 35.5. The van der Waals surface area contributed by atoms with Gasteiger partial charge in [0.25, 0.3) is 6.43 Å². The number of halogens is 3. The van der Waals surface area contributed by atoms with E-state index in [1.54, 1.807) is 6.92 Å². The highest BCUT2D eigenvalue weighted by Gasteiger charge is 2.20. The lowest BCUT2D eigenvalue weighted by Crippen LogP contribution is -1.98. The predicted molar refractivity (Wildman–Crippen MR) is 45.5 cm³/mol. The van der Waals surface area contributed by atoms with E-state index in [0.29, 0.717) is 5.56 Å². The molecule has 0 atom stereocenters. The molecule has 5 heteroatoms. The van der Waals surface area contributed by atoms with Crippen LogP contribution in [0.15, 0.2) is 6.20 Å². The summed E-state index contributed by atoms with van der Waals surface area (Å²) in [5.41, 5.74) is 0.200. The third kappa shape index (κ3) is 1.88. The zero-order chi connectivity index (χ0) is 10.0. The van der Waals surface area contributed by atoms with Crippen LogP contribution in [0, 0.1) is 6.92 Å². The number of aryl methyl sites for hydroxylation is 1. The van der Waals surface area contributed by atoms with Gasteiger partial charge in [-0.2, -0.15) is 0 Å². The van der Waals surface area contributed by atoms with Crippen molar-refractivity contribution in [2.75, 3.05) is 7.11 Å². The molecule has 0 aromatic carbocycles. The van der Waals surface area contributed by atoms with E-state index < -0.39 is 6.43 Å². The van der Waals surface area contributed by atoms with Gasteiger partial charge in [-0.1, -0.05) is 11.6 Å². The zero-order valence-electron chi connectivity index (χ0n) is 7.14. The second-order valence-corrected chi connectivity index (χ2v) is 2.84. The first-order valence-corrected chi connectivity index (χ1v) is 3.92. The maximum atomic E-state index is 12.5. The molecule has 0 unspecified atom stereocenters. The van der Waals surface area contributed by atoms with Gasteiger partial charge in [-0.25, -0.2) is 13.8 Å². The largest absolute Gasteiger partial charge is 0.496 e. The molecular formula is C8H8ClF2NO. The number of alkyl halides is 2. The van der Waals surface area contributed by atoms with Crippen molar-refractivity contribution in [3.63, 3.8) is 0 Å². The second-order valence-electron chi connectivity index (χ2n) is 2.48. The molecule has 0 saturated carbocycles. The van der Waals surface area contributed by atoms with E-state index in [-0.39, 0.29) is 16.5 Å². The van der Waals surface area contributed by atoms with E-state index in [9.17, 15) is 8.78 Å². The van der Waals surface area contributed by atoms with Crippen molar-refractivity contribution in [3.8, 4) is 5.75 Å². The van der Waals surface area contributed by atoms with Crippen molar-refractivity contribution in [1.82, 2.24) is 4.98 Å². The summed E-state index contributed by atoms with van der Waals surface area (Å²) in [5.74, 6) is 0.106. The highest BCUT2D eigenvalue weighted by molar-refractivity contribution is 6.30. The van der Waals surface area contributed by atoms with Gasteiger partial charge in [-0.05, 0) is 6.92 Å². The molecule has 0 radical (unpaired) electrons. The normalized spacial score (nSPS) is 10.6. The number of aromatic nitrogens is 1. The number of rotatable bonds is 2. The first-order valence-electron chi connectivity index (χ1n) is 3.55. The summed E-state index contributed by atoms with van der Waals surface area (Å²) < 4.78 is 29.7. The van der Waals surface area contributed by atoms with Crippen molar-refractivity contribution < 1.29 is 13.5 Å². The van der Waals surface area contributed by atoms with Crippen LogP contribution >= 0.6 is 11.6 Å². The van der Waals surface area contributed by atoms with E-state index in [1.807, 2.05) is 0 Å². The molecule has 0 aliphatic rings. The van der Waals surface area contributed by atoms with Crippen molar-refractivity contribution in [2.24, 2.45) is 0 Å². The van der Waals surface area contributed by atoms with E-state index >= 15 is 0 Å².